The minimum Gasteiger partial charge on any atom is -0.383 e. The third-order valence-corrected chi connectivity index (χ3v) is 5.94. The summed E-state index contributed by atoms with van der Waals surface area (Å²) in [5, 5.41) is 4.88. The average Bonchev–Trinajstić information content (AvgIpc) is 2.79. The van der Waals surface area contributed by atoms with Crippen molar-refractivity contribution in [2.24, 2.45) is 0 Å². The fraction of sp³-hybridized carbons (Fsp3) is 0.0455. The van der Waals surface area contributed by atoms with Gasteiger partial charge in [0, 0.05) is 35.1 Å². The minimum absolute atomic E-state index is 0.184. The van der Waals surface area contributed by atoms with Gasteiger partial charge in [0.1, 0.15) is 17.3 Å². The number of aromatic nitrogens is 3. The number of nitrogens with one attached hydrogen (secondary N) is 2. The topological polar surface area (TPSA) is 123 Å². The predicted octanol–water partition coefficient (Wildman–Crippen LogP) is 2.66. The zero-order valence-corrected chi connectivity index (χ0v) is 17.3. The maximum Gasteiger partial charge on any atom is 0.240 e. The summed E-state index contributed by atoms with van der Waals surface area (Å²) in [5.74, 6) is 7.01. The molecule has 0 aliphatic rings. The summed E-state index contributed by atoms with van der Waals surface area (Å²) in [4.78, 5) is 13.0. The highest BCUT2D eigenvalue weighted by atomic mass is 32.2. The lowest BCUT2D eigenvalue weighted by molar-refractivity contribution is 0.588. The molecule has 3 aromatic heterocycles. The van der Waals surface area contributed by atoms with Gasteiger partial charge in [-0.25, -0.2) is 28.1 Å². The fourth-order valence-corrected chi connectivity index (χ4v) is 3.60. The fourth-order valence-electron chi connectivity index (χ4n) is 2.87. The van der Waals surface area contributed by atoms with E-state index < -0.39 is 10.0 Å². The molecule has 0 radical (unpaired) electrons. The molecular formula is C22H18N6O2S. The molecule has 1 aromatic carbocycles. The summed E-state index contributed by atoms with van der Waals surface area (Å²) >= 11 is 0. The summed E-state index contributed by atoms with van der Waals surface area (Å²) < 4.78 is 26.0. The molecular weight excluding hydrogens is 412 g/mol. The molecule has 0 saturated heterocycles. The third kappa shape index (κ3) is 4.45. The Balaban J connectivity index is 1.65. The number of hydrogen-bond acceptors (Lipinski definition) is 7. The molecule has 31 heavy (non-hydrogen) atoms. The number of nitrogens with two attached hydrogens (primary N) is 1. The maximum absolute atomic E-state index is 11.9. The van der Waals surface area contributed by atoms with Crippen molar-refractivity contribution in [1.82, 2.24) is 19.7 Å². The first-order chi connectivity index (χ1) is 15.0. The van der Waals surface area contributed by atoms with Crippen LogP contribution in [0.3, 0.4) is 0 Å². The molecule has 0 aliphatic carbocycles. The molecule has 0 fully saturated rings. The molecule has 154 valence electrons. The lowest BCUT2D eigenvalue weighted by Gasteiger charge is -2.08. The highest BCUT2D eigenvalue weighted by molar-refractivity contribution is 7.89. The van der Waals surface area contributed by atoms with E-state index >= 15 is 0 Å². The van der Waals surface area contributed by atoms with Crippen LogP contribution in [-0.4, -0.2) is 30.4 Å². The Bertz CT molecular complexity index is 1420. The molecule has 8 nitrogen and oxygen atoms in total. The number of sulfonamides is 1. The lowest BCUT2D eigenvalue weighted by atomic mass is 10.1. The number of nitrogens with zero attached hydrogens (tertiary/aromatic N) is 3. The number of benzene rings is 1. The summed E-state index contributed by atoms with van der Waals surface area (Å²) in [5.41, 5.74) is 7.77. The third-order valence-electron chi connectivity index (χ3n) is 4.51. The van der Waals surface area contributed by atoms with E-state index in [4.69, 9.17) is 5.73 Å². The van der Waals surface area contributed by atoms with Gasteiger partial charge in [-0.1, -0.05) is 5.92 Å². The zero-order valence-electron chi connectivity index (χ0n) is 16.5. The van der Waals surface area contributed by atoms with Gasteiger partial charge < -0.3 is 11.1 Å². The summed E-state index contributed by atoms with van der Waals surface area (Å²) in [6, 6.07) is 13.7. The molecule has 0 aliphatic heterocycles. The van der Waals surface area contributed by atoms with Gasteiger partial charge in [0.25, 0.3) is 0 Å². The van der Waals surface area contributed by atoms with Crippen LogP contribution in [-0.2, 0) is 10.0 Å². The molecule has 3 heterocycles. The van der Waals surface area contributed by atoms with E-state index in [1.807, 2.05) is 12.1 Å². The van der Waals surface area contributed by atoms with Crippen LogP contribution in [0.25, 0.3) is 10.8 Å². The first-order valence-corrected chi connectivity index (χ1v) is 10.7. The maximum atomic E-state index is 11.9. The molecule has 0 amide bonds. The molecule has 9 heteroatoms. The van der Waals surface area contributed by atoms with Gasteiger partial charge in [-0.2, -0.15) is 0 Å². The van der Waals surface area contributed by atoms with Crippen LogP contribution in [0.1, 0.15) is 11.3 Å². The lowest BCUT2D eigenvalue weighted by Crippen LogP contribution is -2.18. The molecule has 0 spiro atoms. The Kier molecular flexibility index (Phi) is 5.49. The van der Waals surface area contributed by atoms with Crippen molar-refractivity contribution in [2.45, 2.75) is 4.90 Å². The van der Waals surface area contributed by atoms with E-state index in [0.29, 0.717) is 28.6 Å². The van der Waals surface area contributed by atoms with Crippen LogP contribution in [0.2, 0.25) is 0 Å². The van der Waals surface area contributed by atoms with E-state index in [1.165, 1.54) is 19.2 Å². The van der Waals surface area contributed by atoms with Crippen LogP contribution in [0.4, 0.5) is 17.3 Å². The predicted molar refractivity (Wildman–Crippen MR) is 120 cm³/mol. The molecule has 0 unspecified atom stereocenters. The van der Waals surface area contributed by atoms with E-state index in [0.717, 1.165) is 10.8 Å². The first kappa shape index (κ1) is 20.3. The summed E-state index contributed by atoms with van der Waals surface area (Å²) in [6.07, 6.45) is 5.01. The van der Waals surface area contributed by atoms with E-state index in [9.17, 15) is 8.42 Å². The van der Waals surface area contributed by atoms with Crippen molar-refractivity contribution in [1.29, 1.82) is 0 Å². The van der Waals surface area contributed by atoms with Gasteiger partial charge in [-0.15, -0.1) is 0 Å². The van der Waals surface area contributed by atoms with E-state index in [1.54, 1.807) is 42.9 Å². The molecule has 0 atom stereocenters. The Morgan fingerprint density at radius 3 is 2.52 bits per heavy atom. The van der Waals surface area contributed by atoms with Crippen LogP contribution in [0.5, 0.6) is 0 Å². The number of anilines is 3. The second-order valence-corrected chi connectivity index (χ2v) is 8.38. The summed E-state index contributed by atoms with van der Waals surface area (Å²) in [6.45, 7) is 0. The van der Waals surface area contributed by atoms with Gasteiger partial charge in [0.05, 0.1) is 10.5 Å². The van der Waals surface area contributed by atoms with Crippen molar-refractivity contribution >= 4 is 38.1 Å². The second kappa shape index (κ2) is 8.39. The Labute approximate surface area is 179 Å². The van der Waals surface area contributed by atoms with Crippen molar-refractivity contribution < 1.29 is 8.42 Å². The van der Waals surface area contributed by atoms with Crippen molar-refractivity contribution in [3.63, 3.8) is 0 Å². The highest BCUT2D eigenvalue weighted by Crippen LogP contribution is 2.22. The van der Waals surface area contributed by atoms with Crippen LogP contribution in [0, 0.1) is 11.8 Å². The number of hydrogen-bond donors (Lipinski definition) is 3. The molecule has 0 bridgehead atoms. The van der Waals surface area contributed by atoms with Crippen molar-refractivity contribution in [2.75, 3.05) is 18.1 Å². The van der Waals surface area contributed by atoms with Crippen LogP contribution >= 0.6 is 0 Å². The van der Waals surface area contributed by atoms with Gasteiger partial charge >= 0.3 is 0 Å². The van der Waals surface area contributed by atoms with Gasteiger partial charge in [0.15, 0.2) is 0 Å². The molecule has 4 aromatic rings. The minimum atomic E-state index is -3.48. The largest absolute Gasteiger partial charge is 0.383 e. The Morgan fingerprint density at radius 1 is 0.968 bits per heavy atom. The van der Waals surface area contributed by atoms with Gasteiger partial charge in [0.2, 0.25) is 10.0 Å². The number of fused-ring (bicyclic) bond motifs is 1. The smallest absolute Gasteiger partial charge is 0.240 e. The Hall–Kier alpha value is -4.00. The molecule has 4 N–H and O–H groups in total. The van der Waals surface area contributed by atoms with E-state index in [-0.39, 0.29) is 4.90 Å². The van der Waals surface area contributed by atoms with Crippen LogP contribution in [0.15, 0.2) is 72.0 Å². The number of nitrogen functional groups attached to an aromatic ring is 1. The van der Waals surface area contributed by atoms with Gasteiger partial charge in [-0.3, -0.25) is 0 Å². The van der Waals surface area contributed by atoms with Crippen LogP contribution < -0.4 is 15.8 Å². The van der Waals surface area contributed by atoms with Gasteiger partial charge in [-0.05, 0) is 61.5 Å². The monoisotopic (exact) mass is 430 g/mol. The molecule has 4 rings (SSSR count). The second-order valence-electron chi connectivity index (χ2n) is 6.49. The van der Waals surface area contributed by atoms with E-state index in [2.05, 4.69) is 36.8 Å². The first-order valence-electron chi connectivity index (χ1n) is 9.24. The quantitative estimate of drug-likeness (QED) is 0.425. The zero-order chi connectivity index (χ0) is 21.8. The summed E-state index contributed by atoms with van der Waals surface area (Å²) in [7, 11) is -2.11. The molecule has 0 saturated carbocycles. The normalized spacial score (nSPS) is 11.0. The Morgan fingerprint density at radius 2 is 1.77 bits per heavy atom. The SMILES string of the molecule is CNS(=O)(=O)c1ccc(Nc2cc3c(C#Cc4cccnc4N)nccc3cn2)cc1. The number of pyridine rings is 3. The highest BCUT2D eigenvalue weighted by Gasteiger charge is 2.10. The number of rotatable bonds is 4. The van der Waals surface area contributed by atoms with Crippen molar-refractivity contribution in [3.8, 4) is 11.8 Å². The van der Waals surface area contributed by atoms with Crippen molar-refractivity contribution in [3.05, 3.63) is 78.4 Å². The standard InChI is InChI=1S/C22H18N6O2S/c1-24-31(29,30)18-7-5-17(6-8-18)28-21-13-19-16(14-27-21)10-12-25-20(19)9-4-15-3-2-11-26-22(15)23/h2-3,5-8,10-14,24H,1H3,(H2,23,26)(H,27,28). The average molecular weight is 430 g/mol.